The Hall–Kier alpha value is -2.90. The summed E-state index contributed by atoms with van der Waals surface area (Å²) in [5.41, 5.74) is 0.335. The highest BCUT2D eigenvalue weighted by Crippen LogP contribution is 2.13. The number of carboxylic acid groups (broad SMARTS) is 4. The molecule has 8 nitrogen and oxygen atoms in total. The fourth-order valence-electron chi connectivity index (χ4n) is 1.49. The summed E-state index contributed by atoms with van der Waals surface area (Å²) in [6.45, 7) is 1.48. The van der Waals surface area contributed by atoms with Gasteiger partial charge in [-0.1, -0.05) is 6.07 Å². The molecular weight excluding hydrogens is 296 g/mol. The molecule has 0 bridgehead atoms. The zero-order valence-electron chi connectivity index (χ0n) is 11.8. The molecule has 0 unspecified atom stereocenters. The first kappa shape index (κ1) is 19.1. The lowest BCUT2D eigenvalue weighted by atomic mass is 10.0. The van der Waals surface area contributed by atoms with Crippen molar-refractivity contribution < 1.29 is 39.6 Å². The Labute approximate surface area is 125 Å². The van der Waals surface area contributed by atoms with E-state index in [9.17, 15) is 19.2 Å². The van der Waals surface area contributed by atoms with Gasteiger partial charge in [-0.25, -0.2) is 9.59 Å². The number of carbonyl (C=O) groups is 4. The summed E-state index contributed by atoms with van der Waals surface area (Å²) in [5.74, 6) is -4.12. The zero-order chi connectivity index (χ0) is 17.3. The number of hydrogen-bond acceptors (Lipinski definition) is 4. The van der Waals surface area contributed by atoms with Crippen molar-refractivity contribution in [1.82, 2.24) is 0 Å². The normalized spacial score (nSPS) is 9.32. The SMILES string of the molecule is Cc1c(C(=O)O)cccc1C(=O)O.O=C(O)CCCC(=O)O. The van der Waals surface area contributed by atoms with E-state index >= 15 is 0 Å². The quantitative estimate of drug-likeness (QED) is 0.620. The van der Waals surface area contributed by atoms with E-state index in [2.05, 4.69) is 0 Å². The number of aromatic carboxylic acids is 2. The third kappa shape index (κ3) is 7.04. The standard InChI is InChI=1S/C9H8O4.C5H8O4/c1-5-6(8(10)11)3-2-4-7(5)9(12)13;6-4(7)2-1-3-5(8)9/h2-4H,1H3,(H,10,11)(H,12,13);1-3H2,(H,6,7)(H,8,9). The van der Waals surface area contributed by atoms with Gasteiger partial charge in [0.1, 0.15) is 0 Å². The molecule has 8 heteroatoms. The molecule has 0 aromatic heterocycles. The molecular formula is C14H16O8. The van der Waals surface area contributed by atoms with Crippen molar-refractivity contribution >= 4 is 23.9 Å². The van der Waals surface area contributed by atoms with Crippen LogP contribution in [0.25, 0.3) is 0 Å². The van der Waals surface area contributed by atoms with Gasteiger partial charge in [0.2, 0.25) is 0 Å². The second-order valence-electron chi connectivity index (χ2n) is 4.23. The molecule has 1 aromatic rings. The van der Waals surface area contributed by atoms with Crippen LogP contribution in [-0.2, 0) is 9.59 Å². The van der Waals surface area contributed by atoms with E-state index in [0.29, 0.717) is 0 Å². The first-order chi connectivity index (χ1) is 10.2. The average molecular weight is 312 g/mol. The maximum atomic E-state index is 10.6. The highest BCUT2D eigenvalue weighted by atomic mass is 16.4. The summed E-state index contributed by atoms with van der Waals surface area (Å²) in [4.78, 5) is 40.8. The molecule has 1 rings (SSSR count). The van der Waals surface area contributed by atoms with Crippen LogP contribution in [-0.4, -0.2) is 44.3 Å². The van der Waals surface area contributed by atoms with Crippen LogP contribution in [0.2, 0.25) is 0 Å². The Bertz CT molecular complexity index is 530. The van der Waals surface area contributed by atoms with Gasteiger partial charge >= 0.3 is 23.9 Å². The summed E-state index contributed by atoms with van der Waals surface area (Å²) in [6, 6.07) is 4.17. The van der Waals surface area contributed by atoms with Gasteiger partial charge in [0.15, 0.2) is 0 Å². The van der Waals surface area contributed by atoms with Crippen molar-refractivity contribution in [2.45, 2.75) is 26.2 Å². The van der Waals surface area contributed by atoms with Crippen LogP contribution in [0.5, 0.6) is 0 Å². The fraction of sp³-hybridized carbons (Fsp3) is 0.286. The van der Waals surface area contributed by atoms with Crippen LogP contribution in [0.15, 0.2) is 18.2 Å². The molecule has 120 valence electrons. The van der Waals surface area contributed by atoms with Crippen LogP contribution in [0.1, 0.15) is 45.5 Å². The lowest BCUT2D eigenvalue weighted by Crippen LogP contribution is -2.06. The lowest BCUT2D eigenvalue weighted by Gasteiger charge is -2.03. The maximum Gasteiger partial charge on any atom is 0.335 e. The molecule has 0 atom stereocenters. The Morgan fingerprint density at radius 2 is 1.18 bits per heavy atom. The molecule has 1 aromatic carbocycles. The van der Waals surface area contributed by atoms with E-state index in [1.54, 1.807) is 0 Å². The Balaban J connectivity index is 0.000000433. The predicted molar refractivity (Wildman–Crippen MR) is 74.2 cm³/mol. The number of rotatable bonds is 6. The number of hydrogen-bond donors (Lipinski definition) is 4. The molecule has 0 saturated heterocycles. The fourth-order valence-corrected chi connectivity index (χ4v) is 1.49. The highest BCUT2D eigenvalue weighted by Gasteiger charge is 2.13. The minimum absolute atomic E-state index is 0.0277. The van der Waals surface area contributed by atoms with Crippen molar-refractivity contribution in [2.75, 3.05) is 0 Å². The van der Waals surface area contributed by atoms with E-state index in [1.807, 2.05) is 0 Å². The van der Waals surface area contributed by atoms with Crippen molar-refractivity contribution in [2.24, 2.45) is 0 Å². The van der Waals surface area contributed by atoms with Crippen LogP contribution < -0.4 is 0 Å². The van der Waals surface area contributed by atoms with Gasteiger partial charge < -0.3 is 20.4 Å². The maximum absolute atomic E-state index is 10.6. The third-order valence-electron chi connectivity index (χ3n) is 2.58. The monoisotopic (exact) mass is 312 g/mol. The van der Waals surface area contributed by atoms with Crippen LogP contribution in [0.3, 0.4) is 0 Å². The van der Waals surface area contributed by atoms with Crippen molar-refractivity contribution in [3.63, 3.8) is 0 Å². The third-order valence-corrected chi connectivity index (χ3v) is 2.58. The molecule has 0 heterocycles. The Morgan fingerprint density at radius 1 is 0.818 bits per heavy atom. The molecule has 0 aliphatic rings. The minimum atomic E-state index is -1.11. The first-order valence-electron chi connectivity index (χ1n) is 6.16. The summed E-state index contributed by atoms with van der Waals surface area (Å²) in [5, 5.41) is 33.4. The molecule has 4 N–H and O–H groups in total. The molecule has 0 aliphatic heterocycles. The molecule has 0 fully saturated rings. The summed E-state index contributed by atoms with van der Waals surface area (Å²) in [7, 11) is 0. The highest BCUT2D eigenvalue weighted by molar-refractivity contribution is 5.96. The molecule has 0 saturated carbocycles. The largest absolute Gasteiger partial charge is 0.481 e. The lowest BCUT2D eigenvalue weighted by molar-refractivity contribution is -0.138. The number of carboxylic acids is 4. The summed E-state index contributed by atoms with van der Waals surface area (Å²) in [6.07, 6.45) is 0.0866. The summed E-state index contributed by atoms with van der Waals surface area (Å²) >= 11 is 0. The zero-order valence-corrected chi connectivity index (χ0v) is 11.8. The van der Waals surface area contributed by atoms with Crippen LogP contribution in [0, 0.1) is 6.92 Å². The number of aliphatic carboxylic acids is 2. The van der Waals surface area contributed by atoms with Crippen molar-refractivity contribution in [3.8, 4) is 0 Å². The van der Waals surface area contributed by atoms with E-state index < -0.39 is 23.9 Å². The topological polar surface area (TPSA) is 149 Å². The van der Waals surface area contributed by atoms with Gasteiger partial charge in [0.25, 0.3) is 0 Å². The van der Waals surface area contributed by atoms with E-state index in [0.717, 1.165) is 0 Å². The first-order valence-corrected chi connectivity index (χ1v) is 6.16. The summed E-state index contributed by atoms with van der Waals surface area (Å²) < 4.78 is 0. The van der Waals surface area contributed by atoms with E-state index in [-0.39, 0.29) is 36.0 Å². The van der Waals surface area contributed by atoms with Gasteiger partial charge in [0, 0.05) is 12.8 Å². The minimum Gasteiger partial charge on any atom is -0.481 e. The number of benzene rings is 1. The Morgan fingerprint density at radius 3 is 1.45 bits per heavy atom. The molecule has 0 radical (unpaired) electrons. The molecule has 0 aliphatic carbocycles. The van der Waals surface area contributed by atoms with Crippen LogP contribution in [0.4, 0.5) is 0 Å². The molecule has 22 heavy (non-hydrogen) atoms. The molecule has 0 spiro atoms. The second kappa shape index (κ2) is 9.11. The van der Waals surface area contributed by atoms with Gasteiger partial charge in [0.05, 0.1) is 11.1 Å². The van der Waals surface area contributed by atoms with E-state index in [1.165, 1.54) is 25.1 Å². The van der Waals surface area contributed by atoms with Gasteiger partial charge in [-0.05, 0) is 31.0 Å². The van der Waals surface area contributed by atoms with Crippen molar-refractivity contribution in [3.05, 3.63) is 34.9 Å². The van der Waals surface area contributed by atoms with Gasteiger partial charge in [-0.15, -0.1) is 0 Å². The molecule has 0 amide bonds. The average Bonchev–Trinajstić information content (AvgIpc) is 2.38. The smallest absolute Gasteiger partial charge is 0.335 e. The van der Waals surface area contributed by atoms with E-state index in [4.69, 9.17) is 20.4 Å². The van der Waals surface area contributed by atoms with Gasteiger partial charge in [-0.2, -0.15) is 0 Å². The second-order valence-corrected chi connectivity index (χ2v) is 4.23. The van der Waals surface area contributed by atoms with Crippen molar-refractivity contribution in [1.29, 1.82) is 0 Å². The van der Waals surface area contributed by atoms with Crippen LogP contribution >= 0.6 is 0 Å². The predicted octanol–water partition coefficient (Wildman–Crippen LogP) is 1.72. The Kier molecular flexibility index (Phi) is 7.91. The van der Waals surface area contributed by atoms with Gasteiger partial charge in [-0.3, -0.25) is 9.59 Å².